The zero-order valence-corrected chi connectivity index (χ0v) is 13.0. The summed E-state index contributed by atoms with van der Waals surface area (Å²) >= 11 is 8.08. The molecule has 98 valence electrons. The van der Waals surface area contributed by atoms with E-state index in [0.29, 0.717) is 10.7 Å². The summed E-state index contributed by atoms with van der Waals surface area (Å²) in [4.78, 5) is 12.1. The quantitative estimate of drug-likeness (QED) is 0.758. The van der Waals surface area contributed by atoms with Crippen molar-refractivity contribution in [1.82, 2.24) is 0 Å². The smallest absolute Gasteiger partial charge is 0.259 e. The van der Waals surface area contributed by atoms with E-state index < -0.39 is 0 Å². The Bertz CT molecular complexity index is 643. The van der Waals surface area contributed by atoms with Gasteiger partial charge in [0.2, 0.25) is 0 Å². The number of amides is 1. The van der Waals surface area contributed by atoms with Crippen LogP contribution in [-0.4, -0.2) is 11.0 Å². The first kappa shape index (κ1) is 14.1. The number of hydrogen-bond acceptors (Lipinski definition) is 2. The Morgan fingerprint density at radius 1 is 1.32 bits per heavy atom. The topological polar surface area (TPSA) is 49.3 Å². The fourth-order valence-electron chi connectivity index (χ4n) is 1.62. The molecule has 2 aromatic rings. The fraction of sp³-hybridized carbons (Fsp3) is 0.0714. The van der Waals surface area contributed by atoms with Crippen LogP contribution in [0, 0.1) is 10.5 Å². The second-order valence-corrected chi connectivity index (χ2v) is 5.68. The monoisotopic (exact) mass is 387 g/mol. The maximum atomic E-state index is 12.1. The van der Waals surface area contributed by atoms with E-state index in [1.54, 1.807) is 30.3 Å². The number of benzene rings is 2. The summed E-state index contributed by atoms with van der Waals surface area (Å²) in [6, 6.07) is 10.2. The summed E-state index contributed by atoms with van der Waals surface area (Å²) in [5, 5.41) is 13.1. The van der Waals surface area contributed by atoms with Crippen molar-refractivity contribution in [3.63, 3.8) is 0 Å². The van der Waals surface area contributed by atoms with Crippen molar-refractivity contribution in [3.8, 4) is 5.75 Å². The van der Waals surface area contributed by atoms with E-state index in [1.165, 1.54) is 6.07 Å². The normalized spacial score (nSPS) is 10.3. The molecular formula is C14H11ClINO2. The van der Waals surface area contributed by atoms with Gasteiger partial charge in [0.15, 0.2) is 0 Å². The van der Waals surface area contributed by atoms with Crippen molar-refractivity contribution in [1.29, 1.82) is 0 Å². The van der Waals surface area contributed by atoms with Crippen LogP contribution < -0.4 is 5.32 Å². The number of carbonyl (C=O) groups is 1. The maximum Gasteiger partial charge on any atom is 0.259 e. The molecule has 0 saturated carbocycles. The van der Waals surface area contributed by atoms with Crippen molar-refractivity contribution in [2.45, 2.75) is 6.92 Å². The van der Waals surface area contributed by atoms with Gasteiger partial charge in [0.05, 0.1) is 5.56 Å². The van der Waals surface area contributed by atoms with Crippen molar-refractivity contribution in [3.05, 3.63) is 56.1 Å². The average molecular weight is 388 g/mol. The Labute approximate surface area is 129 Å². The Morgan fingerprint density at radius 2 is 2.05 bits per heavy atom. The molecule has 0 radical (unpaired) electrons. The van der Waals surface area contributed by atoms with E-state index >= 15 is 0 Å². The van der Waals surface area contributed by atoms with Crippen molar-refractivity contribution >= 4 is 45.8 Å². The number of phenols is 1. The molecule has 2 rings (SSSR count). The Kier molecular flexibility index (Phi) is 4.31. The van der Waals surface area contributed by atoms with Gasteiger partial charge in [-0.1, -0.05) is 17.7 Å². The SMILES string of the molecule is Cc1c(Cl)cccc1NC(=O)c1cc(I)ccc1O. The fourth-order valence-corrected chi connectivity index (χ4v) is 2.29. The Hall–Kier alpha value is -1.27. The molecule has 2 N–H and O–H groups in total. The number of anilines is 1. The molecule has 0 aliphatic carbocycles. The molecule has 0 bridgehead atoms. The van der Waals surface area contributed by atoms with Gasteiger partial charge < -0.3 is 10.4 Å². The molecule has 5 heteroatoms. The van der Waals surface area contributed by atoms with Crippen molar-refractivity contribution in [2.75, 3.05) is 5.32 Å². The van der Waals surface area contributed by atoms with Gasteiger partial charge in [-0.05, 0) is 65.4 Å². The largest absolute Gasteiger partial charge is 0.507 e. The number of hydrogen-bond donors (Lipinski definition) is 2. The van der Waals surface area contributed by atoms with E-state index in [9.17, 15) is 9.90 Å². The molecule has 19 heavy (non-hydrogen) atoms. The highest BCUT2D eigenvalue weighted by atomic mass is 127. The number of phenolic OH excluding ortho intramolecular Hbond substituents is 1. The summed E-state index contributed by atoms with van der Waals surface area (Å²) in [5.74, 6) is -0.404. The number of carbonyl (C=O) groups excluding carboxylic acids is 1. The molecule has 0 fully saturated rings. The van der Waals surface area contributed by atoms with Crippen LogP contribution in [0.1, 0.15) is 15.9 Å². The Morgan fingerprint density at radius 3 is 2.79 bits per heavy atom. The molecule has 0 unspecified atom stereocenters. The molecule has 0 aliphatic heterocycles. The van der Waals surface area contributed by atoms with Crippen LogP contribution in [0.2, 0.25) is 5.02 Å². The molecule has 0 aliphatic rings. The van der Waals surface area contributed by atoms with Gasteiger partial charge in [-0.2, -0.15) is 0 Å². The molecule has 2 aromatic carbocycles. The van der Waals surface area contributed by atoms with Crippen LogP contribution in [0.25, 0.3) is 0 Å². The minimum absolute atomic E-state index is 0.0439. The van der Waals surface area contributed by atoms with Gasteiger partial charge >= 0.3 is 0 Å². The van der Waals surface area contributed by atoms with Gasteiger partial charge in [-0.25, -0.2) is 0 Å². The highest BCUT2D eigenvalue weighted by Gasteiger charge is 2.13. The lowest BCUT2D eigenvalue weighted by atomic mass is 10.1. The third kappa shape index (κ3) is 3.19. The lowest BCUT2D eigenvalue weighted by molar-refractivity contribution is 0.102. The van der Waals surface area contributed by atoms with Gasteiger partial charge in [0.1, 0.15) is 5.75 Å². The van der Waals surface area contributed by atoms with Crippen LogP contribution in [0.15, 0.2) is 36.4 Å². The zero-order valence-electron chi connectivity index (χ0n) is 10.1. The van der Waals surface area contributed by atoms with E-state index in [-0.39, 0.29) is 17.2 Å². The molecule has 0 atom stereocenters. The summed E-state index contributed by atoms with van der Waals surface area (Å²) in [7, 11) is 0. The van der Waals surface area contributed by atoms with Gasteiger partial charge in [0.25, 0.3) is 5.91 Å². The standard InChI is InChI=1S/C14H11ClINO2/c1-8-11(15)3-2-4-12(8)17-14(19)10-7-9(16)5-6-13(10)18/h2-7,18H,1H3,(H,17,19). The molecule has 0 aromatic heterocycles. The average Bonchev–Trinajstić information content (AvgIpc) is 2.38. The number of rotatable bonds is 2. The van der Waals surface area contributed by atoms with Crippen LogP contribution in [0.5, 0.6) is 5.75 Å². The predicted molar refractivity (Wildman–Crippen MR) is 85.0 cm³/mol. The second-order valence-electron chi connectivity index (χ2n) is 4.03. The van der Waals surface area contributed by atoms with E-state index in [0.717, 1.165) is 9.13 Å². The highest BCUT2D eigenvalue weighted by molar-refractivity contribution is 14.1. The number of nitrogens with one attached hydrogen (secondary N) is 1. The summed E-state index contributed by atoms with van der Waals surface area (Å²) in [6.45, 7) is 1.83. The van der Waals surface area contributed by atoms with E-state index in [4.69, 9.17) is 11.6 Å². The second kappa shape index (κ2) is 5.79. The zero-order chi connectivity index (χ0) is 14.0. The molecule has 0 heterocycles. The molecule has 3 nitrogen and oxygen atoms in total. The summed E-state index contributed by atoms with van der Waals surface area (Å²) in [6.07, 6.45) is 0. The van der Waals surface area contributed by atoms with Crippen LogP contribution in [-0.2, 0) is 0 Å². The van der Waals surface area contributed by atoms with E-state index in [2.05, 4.69) is 27.9 Å². The van der Waals surface area contributed by atoms with Crippen molar-refractivity contribution < 1.29 is 9.90 Å². The third-order valence-electron chi connectivity index (χ3n) is 2.72. The molecular weight excluding hydrogens is 377 g/mol. The minimum Gasteiger partial charge on any atom is -0.507 e. The summed E-state index contributed by atoms with van der Waals surface area (Å²) < 4.78 is 0.878. The van der Waals surface area contributed by atoms with Gasteiger partial charge in [0, 0.05) is 14.3 Å². The number of aromatic hydroxyl groups is 1. The van der Waals surface area contributed by atoms with Crippen LogP contribution >= 0.6 is 34.2 Å². The molecule has 1 amide bonds. The molecule has 0 spiro atoms. The van der Waals surface area contributed by atoms with Crippen molar-refractivity contribution in [2.24, 2.45) is 0 Å². The van der Waals surface area contributed by atoms with Gasteiger partial charge in [-0.3, -0.25) is 4.79 Å². The predicted octanol–water partition coefficient (Wildman–Crippen LogP) is 4.21. The third-order valence-corrected chi connectivity index (χ3v) is 3.80. The minimum atomic E-state index is -0.360. The highest BCUT2D eigenvalue weighted by Crippen LogP contribution is 2.25. The first-order valence-corrected chi connectivity index (χ1v) is 6.99. The molecule has 0 saturated heterocycles. The maximum absolute atomic E-state index is 12.1. The first-order valence-electron chi connectivity index (χ1n) is 5.54. The Balaban J connectivity index is 2.31. The van der Waals surface area contributed by atoms with Gasteiger partial charge in [-0.15, -0.1) is 0 Å². The first-order chi connectivity index (χ1) is 8.99. The van der Waals surface area contributed by atoms with Crippen LogP contribution in [0.3, 0.4) is 0 Å². The van der Waals surface area contributed by atoms with Crippen LogP contribution in [0.4, 0.5) is 5.69 Å². The lowest BCUT2D eigenvalue weighted by Gasteiger charge is -2.10. The van der Waals surface area contributed by atoms with E-state index in [1.807, 2.05) is 6.92 Å². The lowest BCUT2D eigenvalue weighted by Crippen LogP contribution is -2.13. The summed E-state index contributed by atoms with van der Waals surface area (Å²) in [5.41, 5.74) is 1.67. The number of halogens is 2.